The predicted molar refractivity (Wildman–Crippen MR) is 110 cm³/mol. The molecule has 0 atom stereocenters. The Morgan fingerprint density at radius 2 is 1.90 bits per heavy atom. The number of rotatable bonds is 4. The van der Waals surface area contributed by atoms with Gasteiger partial charge in [-0.2, -0.15) is 0 Å². The molecule has 0 aliphatic carbocycles. The Hall–Kier alpha value is -3.44. The van der Waals surface area contributed by atoms with Crippen LogP contribution in [0.1, 0.15) is 15.9 Å². The summed E-state index contributed by atoms with van der Waals surface area (Å²) in [6.07, 6.45) is 0.311. The van der Waals surface area contributed by atoms with Crippen molar-refractivity contribution in [3.63, 3.8) is 0 Å². The highest BCUT2D eigenvalue weighted by Crippen LogP contribution is 2.29. The average molecular weight is 427 g/mol. The number of anilines is 2. The van der Waals surface area contributed by atoms with Gasteiger partial charge in [-0.3, -0.25) is 4.79 Å². The number of carboxylic acid groups (broad SMARTS) is 1. The van der Waals surface area contributed by atoms with Crippen LogP contribution >= 0.6 is 0 Å². The number of halogens is 2. The average Bonchev–Trinajstić information content (AvgIpc) is 2.68. The van der Waals surface area contributed by atoms with E-state index in [4.69, 9.17) is 13.6 Å². The molecule has 0 saturated carbocycles. The van der Waals surface area contributed by atoms with Crippen LogP contribution in [0.2, 0.25) is 0 Å². The van der Waals surface area contributed by atoms with Gasteiger partial charge in [-0.25, -0.2) is 13.6 Å². The number of aromatic carboxylic acids is 1. The Morgan fingerprint density at radius 3 is 2.48 bits per heavy atom. The Bertz CT molecular complexity index is 1300. The van der Waals surface area contributed by atoms with Crippen molar-refractivity contribution in [2.45, 2.75) is 12.7 Å². The van der Waals surface area contributed by atoms with Gasteiger partial charge in [0.15, 0.2) is 0 Å². The number of aliphatic hydroxyl groups excluding tert-OH is 2. The van der Waals surface area contributed by atoms with E-state index in [1.807, 2.05) is 0 Å². The monoisotopic (exact) mass is 427 g/mol. The van der Waals surface area contributed by atoms with Crippen molar-refractivity contribution in [2.75, 3.05) is 23.7 Å². The fraction of sp³-hybridized carbons (Fsp3) is 0.200. The first kappa shape index (κ1) is 20.8. The number of fused-ring (bicyclic) bond motifs is 1. The first-order valence-corrected chi connectivity index (χ1v) is 9.16. The van der Waals surface area contributed by atoms with Crippen molar-refractivity contribution in [1.82, 2.24) is 4.57 Å². The number of carboxylic acids is 1. The van der Waals surface area contributed by atoms with E-state index in [1.54, 1.807) is 0 Å². The lowest BCUT2D eigenvalue weighted by Gasteiger charge is -2.39. The summed E-state index contributed by atoms with van der Waals surface area (Å²) in [6, 6.07) is 3.01. The first-order chi connectivity index (χ1) is 14.6. The Kier molecular flexibility index (Phi) is 4.94. The Labute approximate surface area is 175 Å². The molecule has 1 aliphatic rings. The highest BCUT2D eigenvalue weighted by Gasteiger charge is 2.30. The molecule has 0 bridgehead atoms. The molecular formula is C20H16BF2N3O5. The Balaban J connectivity index is 2.15. The van der Waals surface area contributed by atoms with E-state index in [2.05, 4.69) is 0 Å². The van der Waals surface area contributed by atoms with Crippen molar-refractivity contribution < 1.29 is 28.9 Å². The van der Waals surface area contributed by atoms with Crippen molar-refractivity contribution in [2.24, 2.45) is 0 Å². The molecule has 2 heterocycles. The summed E-state index contributed by atoms with van der Waals surface area (Å²) < 4.78 is 30.0. The maximum atomic E-state index is 14.9. The second-order valence-corrected chi connectivity index (χ2v) is 7.28. The molecule has 8 nitrogen and oxygen atoms in total. The number of nitrogen functional groups attached to an aromatic ring is 1. The van der Waals surface area contributed by atoms with Gasteiger partial charge >= 0.3 is 5.97 Å². The summed E-state index contributed by atoms with van der Waals surface area (Å²) in [4.78, 5) is 25.9. The van der Waals surface area contributed by atoms with Gasteiger partial charge in [-0.15, -0.1) is 0 Å². The van der Waals surface area contributed by atoms with Crippen LogP contribution in [0.5, 0.6) is 0 Å². The van der Waals surface area contributed by atoms with Crippen LogP contribution in [-0.4, -0.2) is 52.9 Å². The van der Waals surface area contributed by atoms with Crippen LogP contribution < -0.4 is 21.5 Å². The van der Waals surface area contributed by atoms with Crippen LogP contribution in [0, 0.1) is 11.6 Å². The zero-order valence-electron chi connectivity index (χ0n) is 16.0. The second kappa shape index (κ2) is 7.36. The molecule has 11 heteroatoms. The number of β-amino-alcohol motifs (C(OH)–C–C–N with tert-alkyl or cyclic N) is 1. The number of aliphatic hydroxyl groups is 2. The molecule has 0 unspecified atom stereocenters. The normalized spacial score (nSPS) is 14.1. The van der Waals surface area contributed by atoms with E-state index >= 15 is 0 Å². The van der Waals surface area contributed by atoms with Crippen LogP contribution in [0.3, 0.4) is 0 Å². The van der Waals surface area contributed by atoms with Gasteiger partial charge in [0.05, 0.1) is 35.3 Å². The molecule has 4 rings (SSSR count). The zero-order chi connectivity index (χ0) is 22.6. The van der Waals surface area contributed by atoms with E-state index in [-0.39, 0.29) is 52.1 Å². The number of nitrogens with two attached hydrogens (primary N) is 1. The fourth-order valence-corrected chi connectivity index (χ4v) is 3.75. The molecule has 1 aliphatic heterocycles. The van der Waals surface area contributed by atoms with Gasteiger partial charge in [0.2, 0.25) is 5.43 Å². The van der Waals surface area contributed by atoms with E-state index in [0.717, 1.165) is 24.4 Å². The van der Waals surface area contributed by atoms with Crippen LogP contribution in [-0.2, 0) is 6.61 Å². The fourth-order valence-electron chi connectivity index (χ4n) is 3.75. The highest BCUT2D eigenvalue weighted by atomic mass is 19.1. The van der Waals surface area contributed by atoms with Crippen molar-refractivity contribution in [1.29, 1.82) is 0 Å². The smallest absolute Gasteiger partial charge is 0.341 e. The minimum atomic E-state index is -1.56. The summed E-state index contributed by atoms with van der Waals surface area (Å²) in [5.41, 5.74) is 3.58. The lowest BCUT2D eigenvalue weighted by Crippen LogP contribution is -2.53. The molecule has 158 valence electrons. The Morgan fingerprint density at radius 1 is 1.23 bits per heavy atom. The minimum absolute atomic E-state index is 0.0338. The maximum Gasteiger partial charge on any atom is 0.341 e. The number of aromatic nitrogens is 1. The number of nitrogens with zero attached hydrogens (tertiary/aromatic N) is 2. The highest BCUT2D eigenvalue weighted by molar-refractivity contribution is 6.42. The largest absolute Gasteiger partial charge is 0.477 e. The third-order valence-corrected chi connectivity index (χ3v) is 5.29. The molecule has 5 N–H and O–H groups in total. The van der Waals surface area contributed by atoms with E-state index < -0.39 is 41.3 Å². The summed E-state index contributed by atoms with van der Waals surface area (Å²) in [5, 5.41) is 28.4. The number of hydrogen-bond acceptors (Lipinski definition) is 6. The predicted octanol–water partition coefficient (Wildman–Crippen LogP) is 0.0163. The van der Waals surface area contributed by atoms with Crippen LogP contribution in [0.15, 0.2) is 29.2 Å². The van der Waals surface area contributed by atoms with Crippen molar-refractivity contribution in [3.05, 3.63) is 57.4 Å². The third-order valence-electron chi connectivity index (χ3n) is 5.29. The van der Waals surface area contributed by atoms with Crippen molar-refractivity contribution >= 4 is 41.6 Å². The minimum Gasteiger partial charge on any atom is -0.477 e. The van der Waals surface area contributed by atoms with Gasteiger partial charge in [-0.05, 0) is 23.7 Å². The van der Waals surface area contributed by atoms with E-state index in [1.165, 1.54) is 9.47 Å². The summed E-state index contributed by atoms with van der Waals surface area (Å²) >= 11 is 0. The second-order valence-electron chi connectivity index (χ2n) is 7.28. The lowest BCUT2D eigenvalue weighted by molar-refractivity contribution is 0.0695. The molecule has 0 amide bonds. The molecule has 1 fully saturated rings. The van der Waals surface area contributed by atoms with Gasteiger partial charge in [0.1, 0.15) is 25.0 Å². The molecule has 31 heavy (non-hydrogen) atoms. The molecule has 0 spiro atoms. The van der Waals surface area contributed by atoms with E-state index in [0.29, 0.717) is 0 Å². The van der Waals surface area contributed by atoms with Crippen LogP contribution in [0.4, 0.5) is 20.2 Å². The van der Waals surface area contributed by atoms with Gasteiger partial charge in [-0.1, -0.05) is 0 Å². The van der Waals surface area contributed by atoms with Gasteiger partial charge in [0, 0.05) is 30.2 Å². The first-order valence-electron chi connectivity index (χ1n) is 9.16. The zero-order valence-corrected chi connectivity index (χ0v) is 16.0. The third kappa shape index (κ3) is 3.22. The number of carbonyl (C=O) groups is 1. The number of benzene rings is 2. The maximum absolute atomic E-state index is 14.9. The summed E-state index contributed by atoms with van der Waals surface area (Å²) in [6.45, 7) is -0.389. The van der Waals surface area contributed by atoms with Crippen LogP contribution in [0.25, 0.3) is 16.6 Å². The van der Waals surface area contributed by atoms with Crippen molar-refractivity contribution in [3.8, 4) is 5.69 Å². The molecule has 1 aromatic heterocycles. The number of pyridine rings is 1. The standard InChI is InChI=1S/C20H16BF2N3O5/c21-16-17-10(2-13(23)18(16)25-4-9(28)5-25)19(29)11(20(30)31)6-26(17)15-3-14(24)12(22)1-8(15)7-27/h1-3,6,9,27-28H,4-5,7,24H2,(H,30,31). The SMILES string of the molecule is [B]c1c(N2CC(O)C2)c(F)cc2c(=O)c(C(=O)O)cn(-c3cc(N)c(F)cc3CO)c12. The topological polar surface area (TPSA) is 129 Å². The molecule has 2 aromatic carbocycles. The molecule has 1 saturated heterocycles. The summed E-state index contributed by atoms with van der Waals surface area (Å²) in [7, 11) is 6.23. The lowest BCUT2D eigenvalue weighted by atomic mass is 9.87. The molecule has 3 aromatic rings. The molecule has 2 radical (unpaired) electrons. The quantitative estimate of drug-likeness (QED) is 0.341. The van der Waals surface area contributed by atoms with Gasteiger partial charge < -0.3 is 30.5 Å². The summed E-state index contributed by atoms with van der Waals surface area (Å²) in [5.74, 6) is -3.22. The van der Waals surface area contributed by atoms with E-state index in [9.17, 15) is 33.7 Å². The number of hydrogen-bond donors (Lipinski definition) is 4. The van der Waals surface area contributed by atoms with Gasteiger partial charge in [0.25, 0.3) is 0 Å². The molecular weight excluding hydrogens is 411 g/mol.